The third-order valence-corrected chi connectivity index (χ3v) is 3.68. The van der Waals surface area contributed by atoms with Gasteiger partial charge in [0.05, 0.1) is 12.9 Å². The highest BCUT2D eigenvalue weighted by atomic mass is 16.7. The topological polar surface area (TPSA) is 155 Å². The number of imidazole rings is 1. The number of aliphatic hydroxyl groups excluding tert-OH is 2. The van der Waals surface area contributed by atoms with Crippen molar-refractivity contribution in [2.75, 3.05) is 19.4 Å². The largest absolute Gasteiger partial charge is 0.385 e. The molecule has 2 aromatic heterocycles. The van der Waals surface area contributed by atoms with Gasteiger partial charge in [0.2, 0.25) is 5.79 Å². The zero-order valence-corrected chi connectivity index (χ0v) is 11.2. The Bertz CT molecular complexity index is 657. The number of hydrogen-bond donors (Lipinski definition) is 4. The molecule has 0 bridgehead atoms. The fourth-order valence-corrected chi connectivity index (χ4v) is 2.46. The monoisotopic (exact) mass is 296 g/mol. The third-order valence-electron chi connectivity index (χ3n) is 3.68. The summed E-state index contributed by atoms with van der Waals surface area (Å²) in [5.41, 5.74) is 12.1. The summed E-state index contributed by atoms with van der Waals surface area (Å²) in [6.07, 6.45) is -0.849. The molecule has 1 fully saturated rings. The minimum absolute atomic E-state index is 0.123. The van der Waals surface area contributed by atoms with Crippen molar-refractivity contribution in [2.24, 2.45) is 5.73 Å². The Labute approximate surface area is 119 Å². The first-order valence-corrected chi connectivity index (χ1v) is 6.26. The number of nitrogen functional groups attached to an aromatic ring is 1. The Kier molecular flexibility index (Phi) is 3.26. The first-order chi connectivity index (χ1) is 10.0. The lowest BCUT2D eigenvalue weighted by molar-refractivity contribution is -0.246. The van der Waals surface area contributed by atoms with Gasteiger partial charge < -0.3 is 31.2 Å². The van der Waals surface area contributed by atoms with E-state index in [-0.39, 0.29) is 12.4 Å². The smallest absolute Gasteiger partial charge is 0.211 e. The van der Waals surface area contributed by atoms with E-state index >= 15 is 0 Å². The van der Waals surface area contributed by atoms with Crippen LogP contribution in [0.25, 0.3) is 11.2 Å². The Morgan fingerprint density at radius 3 is 2.81 bits per heavy atom. The van der Waals surface area contributed by atoms with Crippen LogP contribution in [-0.4, -0.2) is 61.4 Å². The summed E-state index contributed by atoms with van der Waals surface area (Å²) in [6, 6.07) is 0. The van der Waals surface area contributed by atoms with Crippen LogP contribution in [0.4, 0.5) is 5.82 Å². The molecule has 0 amide bonds. The number of nitrogens with two attached hydrogens (primary N) is 2. The van der Waals surface area contributed by atoms with Gasteiger partial charge in [0.25, 0.3) is 0 Å². The molecule has 2 aromatic rings. The van der Waals surface area contributed by atoms with E-state index in [0.29, 0.717) is 11.2 Å². The van der Waals surface area contributed by atoms with Crippen LogP contribution in [-0.2, 0) is 9.47 Å². The first kappa shape index (κ1) is 14.1. The lowest BCUT2D eigenvalue weighted by Crippen LogP contribution is -2.50. The number of fused-ring (bicyclic) bond motifs is 1. The van der Waals surface area contributed by atoms with E-state index in [9.17, 15) is 10.2 Å². The third kappa shape index (κ3) is 1.88. The van der Waals surface area contributed by atoms with Crippen molar-refractivity contribution in [3.63, 3.8) is 0 Å². The number of rotatable bonds is 3. The molecule has 0 aromatic carbocycles. The van der Waals surface area contributed by atoms with Crippen LogP contribution in [0.5, 0.6) is 0 Å². The summed E-state index contributed by atoms with van der Waals surface area (Å²) >= 11 is 0. The molecule has 0 saturated carbocycles. The van der Waals surface area contributed by atoms with E-state index in [1.165, 1.54) is 24.3 Å². The number of nitrogens with zero attached hydrogens (tertiary/aromatic N) is 4. The van der Waals surface area contributed by atoms with Gasteiger partial charge in [-0.3, -0.25) is 4.57 Å². The van der Waals surface area contributed by atoms with Crippen LogP contribution in [0.15, 0.2) is 12.7 Å². The molecule has 10 heteroatoms. The second-order valence-corrected chi connectivity index (χ2v) is 4.75. The average Bonchev–Trinajstić information content (AvgIpc) is 3.02. The molecule has 0 radical (unpaired) electrons. The summed E-state index contributed by atoms with van der Waals surface area (Å²) in [5.74, 6) is -1.28. The Morgan fingerprint density at radius 2 is 2.19 bits per heavy atom. The minimum Gasteiger partial charge on any atom is -0.385 e. The predicted octanol–water partition coefficient (Wildman–Crippen LogP) is -2.04. The highest BCUT2D eigenvalue weighted by molar-refractivity contribution is 5.81. The van der Waals surface area contributed by atoms with Crippen LogP contribution in [0.1, 0.15) is 6.23 Å². The van der Waals surface area contributed by atoms with Crippen molar-refractivity contribution in [2.45, 2.75) is 24.2 Å². The van der Waals surface area contributed by atoms with Gasteiger partial charge in [-0.25, -0.2) is 15.0 Å². The van der Waals surface area contributed by atoms with Gasteiger partial charge in [-0.15, -0.1) is 0 Å². The van der Waals surface area contributed by atoms with Crippen molar-refractivity contribution < 1.29 is 19.7 Å². The zero-order chi connectivity index (χ0) is 15.2. The van der Waals surface area contributed by atoms with Crippen LogP contribution in [0.2, 0.25) is 0 Å². The Balaban J connectivity index is 2.06. The van der Waals surface area contributed by atoms with E-state index in [1.54, 1.807) is 0 Å². The fourth-order valence-electron chi connectivity index (χ4n) is 2.46. The fraction of sp³-hybridized carbons (Fsp3) is 0.545. The van der Waals surface area contributed by atoms with Gasteiger partial charge in [0.1, 0.15) is 24.1 Å². The van der Waals surface area contributed by atoms with E-state index in [1.807, 2.05) is 0 Å². The van der Waals surface area contributed by atoms with Crippen molar-refractivity contribution in [3.05, 3.63) is 12.7 Å². The molecule has 3 rings (SSSR count). The molecule has 21 heavy (non-hydrogen) atoms. The molecule has 6 N–H and O–H groups in total. The summed E-state index contributed by atoms with van der Waals surface area (Å²) in [6.45, 7) is -0.123. The first-order valence-electron chi connectivity index (χ1n) is 6.26. The van der Waals surface area contributed by atoms with Crippen LogP contribution >= 0.6 is 0 Å². The lowest BCUT2D eigenvalue weighted by atomic mass is 10.1. The van der Waals surface area contributed by atoms with Crippen molar-refractivity contribution in [1.82, 2.24) is 19.5 Å². The number of methoxy groups -OCH3 is 1. The standard InChI is InChI=1S/C11H16N6O4/c1-20-11(2-12)7(19)6(18)10(21-11)17-4-16-5-8(13)14-3-15-9(5)17/h3-4,6-7,10,18-19H,2,12H2,1H3,(H2,13,14,15)/t6-,7+,10-,11-/m1/s1. The second-order valence-electron chi connectivity index (χ2n) is 4.75. The molecule has 0 spiro atoms. The maximum absolute atomic E-state index is 10.2. The number of anilines is 1. The minimum atomic E-state index is -1.49. The van der Waals surface area contributed by atoms with Gasteiger partial charge in [0.15, 0.2) is 17.7 Å². The number of hydrogen-bond acceptors (Lipinski definition) is 9. The molecule has 0 unspecified atom stereocenters. The van der Waals surface area contributed by atoms with Gasteiger partial charge in [-0.1, -0.05) is 0 Å². The second kappa shape index (κ2) is 4.86. The summed E-state index contributed by atoms with van der Waals surface area (Å²) in [4.78, 5) is 12.0. The molecule has 0 aliphatic carbocycles. The maximum Gasteiger partial charge on any atom is 0.211 e. The van der Waals surface area contributed by atoms with Crippen LogP contribution in [0.3, 0.4) is 0 Å². The molecule has 1 aliphatic rings. The summed E-state index contributed by atoms with van der Waals surface area (Å²) in [5, 5.41) is 20.4. The molecule has 10 nitrogen and oxygen atoms in total. The molecule has 3 heterocycles. The average molecular weight is 296 g/mol. The zero-order valence-electron chi connectivity index (χ0n) is 11.2. The van der Waals surface area contributed by atoms with Crippen molar-refractivity contribution in [3.8, 4) is 0 Å². The molecule has 114 valence electrons. The normalized spacial score (nSPS) is 32.9. The summed E-state index contributed by atoms with van der Waals surface area (Å²) in [7, 11) is 1.34. The highest BCUT2D eigenvalue weighted by Gasteiger charge is 2.55. The SMILES string of the molecule is CO[C@]1(CN)O[C@@H](n2cnc3c(N)ncnc32)[C@H](O)[C@@H]1O. The maximum atomic E-state index is 10.2. The predicted molar refractivity (Wildman–Crippen MR) is 70.7 cm³/mol. The van der Waals surface area contributed by atoms with E-state index < -0.39 is 24.2 Å². The van der Waals surface area contributed by atoms with Gasteiger partial charge in [0, 0.05) is 7.11 Å². The highest BCUT2D eigenvalue weighted by Crippen LogP contribution is 2.38. The van der Waals surface area contributed by atoms with E-state index in [0.717, 1.165) is 0 Å². The lowest BCUT2D eigenvalue weighted by Gasteiger charge is -2.28. The molecular formula is C11H16N6O4. The van der Waals surface area contributed by atoms with Gasteiger partial charge in [-0.2, -0.15) is 0 Å². The van der Waals surface area contributed by atoms with Crippen molar-refractivity contribution >= 4 is 17.0 Å². The Morgan fingerprint density at radius 1 is 1.43 bits per heavy atom. The van der Waals surface area contributed by atoms with E-state index in [2.05, 4.69) is 15.0 Å². The molecule has 1 aliphatic heterocycles. The molecule has 1 saturated heterocycles. The summed E-state index contributed by atoms with van der Waals surface area (Å²) < 4.78 is 12.2. The van der Waals surface area contributed by atoms with Crippen LogP contribution < -0.4 is 11.5 Å². The number of aliphatic hydroxyl groups is 2. The molecule has 4 atom stereocenters. The van der Waals surface area contributed by atoms with Gasteiger partial charge in [-0.05, 0) is 0 Å². The van der Waals surface area contributed by atoms with E-state index in [4.69, 9.17) is 20.9 Å². The Hall–Kier alpha value is -1.85. The molecular weight excluding hydrogens is 280 g/mol. The number of aromatic nitrogens is 4. The quantitative estimate of drug-likeness (QED) is 0.501. The van der Waals surface area contributed by atoms with Crippen molar-refractivity contribution in [1.29, 1.82) is 0 Å². The van der Waals surface area contributed by atoms with Gasteiger partial charge >= 0.3 is 0 Å². The van der Waals surface area contributed by atoms with Crippen LogP contribution in [0, 0.1) is 0 Å². The number of ether oxygens (including phenoxy) is 2.